The van der Waals surface area contributed by atoms with E-state index in [0.717, 1.165) is 12.1 Å². The zero-order valence-electron chi connectivity index (χ0n) is 10.5. The Kier molecular flexibility index (Phi) is 4.04. The predicted octanol–water partition coefficient (Wildman–Crippen LogP) is 2.75. The number of hydrogen-bond acceptors (Lipinski definition) is 5. The fourth-order valence-corrected chi connectivity index (χ4v) is 1.69. The maximum atomic E-state index is 13.1. The lowest BCUT2D eigenvalue weighted by atomic mass is 10.2. The molecule has 0 aliphatic rings. The molecule has 0 saturated heterocycles. The van der Waals surface area contributed by atoms with Crippen molar-refractivity contribution in [3.63, 3.8) is 0 Å². The summed E-state index contributed by atoms with van der Waals surface area (Å²) in [5.41, 5.74) is -0.210. The van der Waals surface area contributed by atoms with Gasteiger partial charge in [0.25, 0.3) is 0 Å². The zero-order chi connectivity index (χ0) is 15.4. The topological polar surface area (TPSA) is 91.8 Å². The highest BCUT2D eigenvalue weighted by Crippen LogP contribution is 2.26. The monoisotopic (exact) mass is 290 g/mol. The second-order valence-electron chi connectivity index (χ2n) is 4.03. The van der Waals surface area contributed by atoms with Gasteiger partial charge >= 0.3 is 5.69 Å². The molecule has 0 atom stereocenters. The van der Waals surface area contributed by atoms with E-state index in [1.165, 1.54) is 18.3 Å². The van der Waals surface area contributed by atoms with Crippen LogP contribution in [0.1, 0.15) is 11.1 Å². The molecule has 21 heavy (non-hydrogen) atoms. The van der Waals surface area contributed by atoms with E-state index in [4.69, 9.17) is 5.26 Å². The van der Waals surface area contributed by atoms with Gasteiger partial charge in [0.2, 0.25) is 5.82 Å². The molecule has 0 aliphatic carbocycles. The van der Waals surface area contributed by atoms with E-state index in [2.05, 4.69) is 10.3 Å². The highest BCUT2D eigenvalue weighted by atomic mass is 19.2. The number of aromatic nitrogens is 1. The molecule has 0 saturated carbocycles. The Hall–Kier alpha value is -3.08. The fourth-order valence-electron chi connectivity index (χ4n) is 1.69. The Morgan fingerprint density at radius 3 is 2.71 bits per heavy atom. The summed E-state index contributed by atoms with van der Waals surface area (Å²) in [7, 11) is 0. The van der Waals surface area contributed by atoms with E-state index < -0.39 is 22.2 Å². The standard InChI is InChI=1S/C13H8F2N4O2/c14-10-2-1-8(5-11(10)15)7-18-13-12(19(20)21)9(6-16)3-4-17-13/h1-5H,7H2,(H,17,18). The molecule has 0 bridgehead atoms. The summed E-state index contributed by atoms with van der Waals surface area (Å²) < 4.78 is 25.9. The van der Waals surface area contributed by atoms with Gasteiger partial charge in [-0.2, -0.15) is 5.26 Å². The molecule has 0 radical (unpaired) electrons. The molecule has 1 N–H and O–H groups in total. The molecule has 0 unspecified atom stereocenters. The van der Waals surface area contributed by atoms with Crippen LogP contribution in [-0.2, 0) is 6.54 Å². The van der Waals surface area contributed by atoms with Crippen LogP contribution in [0.25, 0.3) is 0 Å². The largest absolute Gasteiger partial charge is 0.360 e. The summed E-state index contributed by atoms with van der Waals surface area (Å²) in [5, 5.41) is 22.5. The molecule has 0 spiro atoms. The molecular weight excluding hydrogens is 282 g/mol. The number of nitriles is 1. The number of nitrogens with zero attached hydrogens (tertiary/aromatic N) is 3. The van der Waals surface area contributed by atoms with Crippen molar-refractivity contribution in [1.29, 1.82) is 5.26 Å². The van der Waals surface area contributed by atoms with Crippen LogP contribution in [0.3, 0.4) is 0 Å². The lowest BCUT2D eigenvalue weighted by molar-refractivity contribution is -0.384. The Morgan fingerprint density at radius 1 is 1.33 bits per heavy atom. The third-order valence-electron chi connectivity index (χ3n) is 2.67. The minimum atomic E-state index is -1.01. The molecule has 1 aromatic carbocycles. The second-order valence-corrected chi connectivity index (χ2v) is 4.03. The van der Waals surface area contributed by atoms with Crippen LogP contribution in [0.5, 0.6) is 0 Å². The quantitative estimate of drug-likeness (QED) is 0.690. The Labute approximate surface area is 117 Å². The van der Waals surface area contributed by atoms with Crippen molar-refractivity contribution >= 4 is 11.5 Å². The lowest BCUT2D eigenvalue weighted by Gasteiger charge is -2.07. The average Bonchev–Trinajstić information content (AvgIpc) is 2.47. The summed E-state index contributed by atoms with van der Waals surface area (Å²) in [6.07, 6.45) is 1.25. The molecular formula is C13H8F2N4O2. The predicted molar refractivity (Wildman–Crippen MR) is 69.3 cm³/mol. The Bertz CT molecular complexity index is 743. The summed E-state index contributed by atoms with van der Waals surface area (Å²) in [6.45, 7) is -0.0000775. The summed E-state index contributed by atoms with van der Waals surface area (Å²) in [6, 6.07) is 6.20. The van der Waals surface area contributed by atoms with E-state index in [0.29, 0.717) is 5.56 Å². The second kappa shape index (κ2) is 5.92. The normalized spacial score (nSPS) is 9.95. The van der Waals surface area contributed by atoms with Gasteiger partial charge in [-0.05, 0) is 23.8 Å². The number of nitro groups is 1. The van der Waals surface area contributed by atoms with Gasteiger partial charge in [-0.1, -0.05) is 6.07 Å². The molecule has 2 rings (SSSR count). The van der Waals surface area contributed by atoms with Crippen molar-refractivity contribution in [3.05, 3.63) is 63.3 Å². The Morgan fingerprint density at radius 2 is 2.10 bits per heavy atom. The van der Waals surface area contributed by atoms with Gasteiger partial charge in [0.1, 0.15) is 11.6 Å². The first-order valence-corrected chi connectivity index (χ1v) is 5.74. The van der Waals surface area contributed by atoms with Crippen LogP contribution in [0.2, 0.25) is 0 Å². The van der Waals surface area contributed by atoms with Gasteiger partial charge in [-0.25, -0.2) is 13.8 Å². The number of anilines is 1. The summed E-state index contributed by atoms with van der Waals surface area (Å²) in [5.74, 6) is -2.10. The minimum Gasteiger partial charge on any atom is -0.360 e. The van der Waals surface area contributed by atoms with Gasteiger partial charge in [0.05, 0.1) is 4.92 Å². The smallest absolute Gasteiger partial charge is 0.328 e. The average molecular weight is 290 g/mol. The SMILES string of the molecule is N#Cc1ccnc(NCc2ccc(F)c(F)c2)c1[N+](=O)[O-]. The van der Waals surface area contributed by atoms with Crippen LogP contribution in [-0.4, -0.2) is 9.91 Å². The Balaban J connectivity index is 2.26. The van der Waals surface area contributed by atoms with Crippen LogP contribution in [0, 0.1) is 33.1 Å². The zero-order valence-corrected chi connectivity index (χ0v) is 10.5. The van der Waals surface area contributed by atoms with Gasteiger partial charge < -0.3 is 5.32 Å². The van der Waals surface area contributed by atoms with Gasteiger partial charge in [0.15, 0.2) is 11.6 Å². The number of nitrogens with one attached hydrogen (secondary N) is 1. The van der Waals surface area contributed by atoms with Gasteiger partial charge in [0, 0.05) is 12.7 Å². The number of halogens is 2. The molecule has 6 nitrogen and oxygen atoms in total. The number of rotatable bonds is 4. The van der Waals surface area contributed by atoms with Crippen LogP contribution in [0.15, 0.2) is 30.5 Å². The number of hydrogen-bond donors (Lipinski definition) is 1. The van der Waals surface area contributed by atoms with E-state index in [9.17, 15) is 18.9 Å². The van der Waals surface area contributed by atoms with Crippen molar-refractivity contribution in [2.45, 2.75) is 6.54 Å². The highest BCUT2D eigenvalue weighted by molar-refractivity contribution is 5.64. The molecule has 2 aromatic rings. The number of benzene rings is 1. The minimum absolute atomic E-state index is 0.0000775. The highest BCUT2D eigenvalue weighted by Gasteiger charge is 2.20. The molecule has 1 heterocycles. The van der Waals surface area contributed by atoms with E-state index in [1.54, 1.807) is 6.07 Å². The van der Waals surface area contributed by atoms with E-state index in [-0.39, 0.29) is 17.9 Å². The maximum absolute atomic E-state index is 13.1. The van der Waals surface area contributed by atoms with Gasteiger partial charge in [-0.3, -0.25) is 10.1 Å². The first-order chi connectivity index (χ1) is 10.0. The summed E-state index contributed by atoms with van der Waals surface area (Å²) in [4.78, 5) is 14.0. The fraction of sp³-hybridized carbons (Fsp3) is 0.0769. The van der Waals surface area contributed by atoms with Crippen molar-refractivity contribution in [1.82, 2.24) is 4.98 Å². The van der Waals surface area contributed by atoms with Crippen molar-refractivity contribution in [3.8, 4) is 6.07 Å². The van der Waals surface area contributed by atoms with E-state index in [1.807, 2.05) is 0 Å². The molecule has 8 heteroatoms. The summed E-state index contributed by atoms with van der Waals surface area (Å²) >= 11 is 0. The molecule has 106 valence electrons. The van der Waals surface area contributed by atoms with Crippen LogP contribution < -0.4 is 5.32 Å². The van der Waals surface area contributed by atoms with Gasteiger partial charge in [-0.15, -0.1) is 0 Å². The van der Waals surface area contributed by atoms with Crippen LogP contribution >= 0.6 is 0 Å². The van der Waals surface area contributed by atoms with Crippen molar-refractivity contribution < 1.29 is 13.7 Å². The first-order valence-electron chi connectivity index (χ1n) is 5.74. The third-order valence-corrected chi connectivity index (χ3v) is 2.67. The number of pyridine rings is 1. The van der Waals surface area contributed by atoms with Crippen molar-refractivity contribution in [2.75, 3.05) is 5.32 Å². The lowest BCUT2D eigenvalue weighted by Crippen LogP contribution is -2.06. The molecule has 0 aliphatic heterocycles. The molecule has 0 amide bonds. The van der Waals surface area contributed by atoms with E-state index >= 15 is 0 Å². The molecule has 1 aromatic heterocycles. The van der Waals surface area contributed by atoms with Crippen LogP contribution in [0.4, 0.5) is 20.3 Å². The van der Waals surface area contributed by atoms with Crippen molar-refractivity contribution in [2.24, 2.45) is 0 Å². The third kappa shape index (κ3) is 3.09. The first kappa shape index (κ1) is 14.3. The molecule has 0 fully saturated rings. The maximum Gasteiger partial charge on any atom is 0.328 e.